The average molecular weight is 413 g/mol. The van der Waals surface area contributed by atoms with E-state index in [0.29, 0.717) is 16.9 Å². The van der Waals surface area contributed by atoms with Crippen LogP contribution in [0.15, 0.2) is 48.5 Å². The molecule has 2 aromatic rings. The summed E-state index contributed by atoms with van der Waals surface area (Å²) in [6.07, 6.45) is 2.03. The molecule has 160 valence electrons. The molecule has 7 heteroatoms. The minimum Gasteiger partial charge on any atom is -0.497 e. The summed E-state index contributed by atoms with van der Waals surface area (Å²) in [5, 5.41) is 6.16. The first-order valence-electron chi connectivity index (χ1n) is 10.2. The summed E-state index contributed by atoms with van der Waals surface area (Å²) >= 11 is 0. The van der Waals surface area contributed by atoms with Crippen molar-refractivity contribution < 1.29 is 18.7 Å². The van der Waals surface area contributed by atoms with Crippen molar-refractivity contribution in [1.82, 2.24) is 10.6 Å². The zero-order valence-corrected chi connectivity index (χ0v) is 17.1. The molecule has 0 bridgehead atoms. The molecule has 3 rings (SSSR count). The van der Waals surface area contributed by atoms with Crippen LogP contribution in [0, 0.1) is 5.82 Å². The van der Waals surface area contributed by atoms with Crippen LogP contribution in [-0.2, 0) is 11.2 Å². The molecule has 3 atom stereocenters. The third-order valence-electron chi connectivity index (χ3n) is 5.37. The number of Topliss-reactive ketones (excluding diaryl/α,β-unsaturated/α-hetero) is 1. The minimum absolute atomic E-state index is 0.0512. The average Bonchev–Trinajstić information content (AvgIpc) is 3.28. The van der Waals surface area contributed by atoms with Crippen LogP contribution in [0.25, 0.3) is 0 Å². The minimum atomic E-state index is -0.696. The Labute approximate surface area is 176 Å². The number of ether oxygens (including phenoxy) is 1. The first-order valence-corrected chi connectivity index (χ1v) is 10.2. The number of benzene rings is 2. The summed E-state index contributed by atoms with van der Waals surface area (Å²) in [6.45, 7) is 0.796. The van der Waals surface area contributed by atoms with E-state index < -0.39 is 12.1 Å². The summed E-state index contributed by atoms with van der Waals surface area (Å²) in [5.41, 5.74) is 7.05. The number of nitrogens with one attached hydrogen (secondary N) is 2. The molecule has 3 unspecified atom stereocenters. The summed E-state index contributed by atoms with van der Waals surface area (Å²) in [7, 11) is 1.53. The van der Waals surface area contributed by atoms with Crippen molar-refractivity contribution in [2.24, 2.45) is 5.73 Å². The molecule has 0 radical (unpaired) electrons. The van der Waals surface area contributed by atoms with Crippen LogP contribution in [0.1, 0.15) is 35.2 Å². The highest BCUT2D eigenvalue weighted by Crippen LogP contribution is 2.17. The van der Waals surface area contributed by atoms with Crippen LogP contribution in [0.5, 0.6) is 5.75 Å². The second kappa shape index (κ2) is 10.3. The van der Waals surface area contributed by atoms with Gasteiger partial charge in [-0.2, -0.15) is 0 Å². The zero-order chi connectivity index (χ0) is 21.5. The van der Waals surface area contributed by atoms with Crippen molar-refractivity contribution in [3.05, 3.63) is 65.5 Å². The lowest BCUT2D eigenvalue weighted by atomic mass is 9.94. The smallest absolute Gasteiger partial charge is 0.252 e. The fourth-order valence-corrected chi connectivity index (χ4v) is 3.79. The maximum Gasteiger partial charge on any atom is 0.252 e. The highest BCUT2D eigenvalue weighted by atomic mass is 19.1. The fraction of sp³-hybridized carbons (Fsp3) is 0.391. The van der Waals surface area contributed by atoms with E-state index in [0.717, 1.165) is 19.4 Å². The summed E-state index contributed by atoms with van der Waals surface area (Å²) < 4.78 is 19.1. The Morgan fingerprint density at radius 3 is 2.77 bits per heavy atom. The van der Waals surface area contributed by atoms with Gasteiger partial charge in [-0.15, -0.1) is 0 Å². The molecular weight excluding hydrogens is 385 g/mol. The van der Waals surface area contributed by atoms with Gasteiger partial charge in [0.05, 0.1) is 7.11 Å². The van der Waals surface area contributed by atoms with Crippen molar-refractivity contribution in [2.75, 3.05) is 13.7 Å². The van der Waals surface area contributed by atoms with Gasteiger partial charge in [-0.05, 0) is 55.6 Å². The molecule has 1 aliphatic rings. The van der Waals surface area contributed by atoms with Gasteiger partial charge >= 0.3 is 0 Å². The molecule has 0 saturated carbocycles. The van der Waals surface area contributed by atoms with Gasteiger partial charge < -0.3 is 21.1 Å². The van der Waals surface area contributed by atoms with E-state index in [1.807, 2.05) is 0 Å². The van der Waals surface area contributed by atoms with Gasteiger partial charge in [0.15, 0.2) is 5.78 Å². The Kier molecular flexibility index (Phi) is 7.54. The van der Waals surface area contributed by atoms with Gasteiger partial charge in [0.2, 0.25) is 0 Å². The number of hydrogen-bond acceptors (Lipinski definition) is 5. The maximum absolute atomic E-state index is 13.9. The second-order valence-corrected chi connectivity index (χ2v) is 7.61. The van der Waals surface area contributed by atoms with Crippen molar-refractivity contribution in [3.63, 3.8) is 0 Å². The predicted octanol–water partition coefficient (Wildman–Crippen LogP) is 2.21. The number of amides is 1. The van der Waals surface area contributed by atoms with E-state index in [1.165, 1.54) is 13.2 Å². The maximum atomic E-state index is 13.9. The molecule has 1 saturated heterocycles. The van der Waals surface area contributed by atoms with Gasteiger partial charge in [-0.1, -0.05) is 24.3 Å². The summed E-state index contributed by atoms with van der Waals surface area (Å²) in [5.74, 6) is -0.268. The molecule has 2 aromatic carbocycles. The molecule has 30 heavy (non-hydrogen) atoms. The number of rotatable bonds is 9. The number of ketones is 1. The molecule has 0 aromatic heterocycles. The van der Waals surface area contributed by atoms with E-state index in [9.17, 15) is 14.0 Å². The van der Waals surface area contributed by atoms with Crippen LogP contribution < -0.4 is 21.1 Å². The quantitative estimate of drug-likeness (QED) is 0.586. The summed E-state index contributed by atoms with van der Waals surface area (Å²) in [4.78, 5) is 25.8. The topological polar surface area (TPSA) is 93.5 Å². The summed E-state index contributed by atoms with van der Waals surface area (Å²) in [6, 6.07) is 11.8. The van der Waals surface area contributed by atoms with E-state index in [1.54, 1.807) is 42.5 Å². The monoisotopic (exact) mass is 413 g/mol. The standard InChI is InChI=1S/C23H28FN3O3/c1-30-18-8-4-7-16(13-18)23(29)27-22(20-10-5-11-26-20)21(28)14-17(25)12-15-6-2-3-9-19(15)24/h2-4,6-9,13,17,20,22,26H,5,10-12,14,25H2,1H3,(H,27,29). The van der Waals surface area contributed by atoms with Gasteiger partial charge in [-0.25, -0.2) is 4.39 Å². The van der Waals surface area contributed by atoms with Gasteiger partial charge in [0.1, 0.15) is 17.6 Å². The van der Waals surface area contributed by atoms with Crippen LogP contribution in [0.2, 0.25) is 0 Å². The van der Waals surface area contributed by atoms with Crippen LogP contribution in [0.4, 0.5) is 4.39 Å². The molecular formula is C23H28FN3O3. The van der Waals surface area contributed by atoms with E-state index in [-0.39, 0.29) is 36.4 Å². The molecule has 1 heterocycles. The number of methoxy groups -OCH3 is 1. The number of halogens is 1. The Morgan fingerprint density at radius 1 is 1.27 bits per heavy atom. The van der Waals surface area contributed by atoms with E-state index >= 15 is 0 Å². The molecule has 1 amide bonds. The molecule has 1 fully saturated rings. The molecule has 0 aliphatic carbocycles. The molecule has 6 nitrogen and oxygen atoms in total. The first kappa shape index (κ1) is 21.9. The van der Waals surface area contributed by atoms with Crippen molar-refractivity contribution in [3.8, 4) is 5.75 Å². The van der Waals surface area contributed by atoms with Gasteiger partial charge in [0.25, 0.3) is 5.91 Å². The van der Waals surface area contributed by atoms with Crippen LogP contribution >= 0.6 is 0 Å². The third-order valence-corrected chi connectivity index (χ3v) is 5.37. The fourth-order valence-electron chi connectivity index (χ4n) is 3.79. The highest BCUT2D eigenvalue weighted by Gasteiger charge is 2.32. The molecule has 1 aliphatic heterocycles. The molecule has 0 spiro atoms. The lowest BCUT2D eigenvalue weighted by molar-refractivity contribution is -0.121. The zero-order valence-electron chi connectivity index (χ0n) is 17.1. The number of carbonyl (C=O) groups is 2. The Balaban J connectivity index is 1.68. The lowest BCUT2D eigenvalue weighted by Gasteiger charge is -2.25. The predicted molar refractivity (Wildman–Crippen MR) is 113 cm³/mol. The van der Waals surface area contributed by atoms with E-state index in [2.05, 4.69) is 10.6 Å². The number of hydrogen-bond donors (Lipinski definition) is 3. The van der Waals surface area contributed by atoms with Crippen molar-refractivity contribution in [1.29, 1.82) is 0 Å². The lowest BCUT2D eigenvalue weighted by Crippen LogP contribution is -2.53. The first-order chi connectivity index (χ1) is 14.5. The van der Waals surface area contributed by atoms with Gasteiger partial charge in [-0.3, -0.25) is 9.59 Å². The largest absolute Gasteiger partial charge is 0.497 e. The SMILES string of the molecule is COc1cccc(C(=O)NC(C(=O)CC(N)Cc2ccccc2F)C2CCCN2)c1. The second-order valence-electron chi connectivity index (χ2n) is 7.61. The third kappa shape index (κ3) is 5.64. The van der Waals surface area contributed by atoms with Crippen molar-refractivity contribution >= 4 is 11.7 Å². The number of carbonyl (C=O) groups excluding carboxylic acids is 2. The molecule has 4 N–H and O–H groups in total. The Hall–Kier alpha value is -2.77. The normalized spacial score (nSPS) is 17.9. The highest BCUT2D eigenvalue weighted by molar-refractivity contribution is 5.98. The Bertz CT molecular complexity index is 884. The van der Waals surface area contributed by atoms with E-state index in [4.69, 9.17) is 10.5 Å². The van der Waals surface area contributed by atoms with Crippen LogP contribution in [0.3, 0.4) is 0 Å². The Morgan fingerprint density at radius 2 is 2.07 bits per heavy atom. The van der Waals surface area contributed by atoms with Crippen molar-refractivity contribution in [2.45, 2.75) is 43.8 Å². The number of nitrogens with two attached hydrogens (primary N) is 1. The van der Waals surface area contributed by atoms with Gasteiger partial charge in [0, 0.05) is 24.1 Å². The van der Waals surface area contributed by atoms with Crippen LogP contribution in [-0.4, -0.2) is 43.5 Å².